The van der Waals surface area contributed by atoms with E-state index in [1.54, 1.807) is 6.07 Å². The van der Waals surface area contributed by atoms with Gasteiger partial charge in [-0.2, -0.15) is 0 Å². The molecule has 1 nitrogen and oxygen atoms in total. The van der Waals surface area contributed by atoms with Crippen LogP contribution in [-0.4, -0.2) is 6.04 Å². The van der Waals surface area contributed by atoms with E-state index in [0.717, 1.165) is 12.0 Å². The summed E-state index contributed by atoms with van der Waals surface area (Å²) in [5, 5.41) is 3.22. The number of hydrogen-bond donors (Lipinski definition) is 1. The van der Waals surface area contributed by atoms with Crippen LogP contribution in [0, 0.1) is 18.7 Å². The number of aryl methyl sites for hydroxylation is 1. The van der Waals surface area contributed by atoms with Crippen LogP contribution in [0.5, 0.6) is 0 Å². The zero-order valence-electron chi connectivity index (χ0n) is 10.7. The fourth-order valence-electron chi connectivity index (χ4n) is 1.66. The molecule has 0 heterocycles. The van der Waals surface area contributed by atoms with Crippen molar-refractivity contribution in [2.24, 2.45) is 5.92 Å². The van der Waals surface area contributed by atoms with Gasteiger partial charge in [-0.3, -0.25) is 0 Å². The molecule has 0 aliphatic carbocycles. The van der Waals surface area contributed by atoms with E-state index in [1.165, 1.54) is 6.42 Å². The molecule has 0 aromatic heterocycles. The number of anilines is 1. The molecule has 16 heavy (non-hydrogen) atoms. The Labute approximate surface area is 98.1 Å². The Bertz CT molecular complexity index is 334. The SMILES string of the molecule is Cc1ccc(NC(C)CCC(C)C)c(F)c1. The van der Waals surface area contributed by atoms with Gasteiger partial charge in [0, 0.05) is 6.04 Å². The molecule has 0 aliphatic heterocycles. The first-order chi connectivity index (χ1) is 7.49. The zero-order valence-corrected chi connectivity index (χ0v) is 10.7. The van der Waals surface area contributed by atoms with Crippen LogP contribution >= 0.6 is 0 Å². The van der Waals surface area contributed by atoms with Crippen LogP contribution in [0.2, 0.25) is 0 Å². The lowest BCUT2D eigenvalue weighted by Gasteiger charge is -2.17. The van der Waals surface area contributed by atoms with E-state index in [4.69, 9.17) is 0 Å². The average Bonchev–Trinajstić information content (AvgIpc) is 2.19. The predicted octanol–water partition coefficient (Wildman–Crippen LogP) is 4.37. The highest BCUT2D eigenvalue weighted by atomic mass is 19.1. The quantitative estimate of drug-likeness (QED) is 0.781. The molecule has 0 bridgehead atoms. The highest BCUT2D eigenvalue weighted by Gasteiger charge is 2.07. The minimum Gasteiger partial charge on any atom is -0.380 e. The molecule has 1 rings (SSSR count). The minimum absolute atomic E-state index is 0.156. The van der Waals surface area contributed by atoms with Crippen molar-refractivity contribution >= 4 is 5.69 Å². The van der Waals surface area contributed by atoms with Gasteiger partial charge < -0.3 is 5.32 Å². The second-order valence-electron chi connectivity index (χ2n) is 5.00. The molecule has 1 atom stereocenters. The Morgan fingerprint density at radius 2 is 1.88 bits per heavy atom. The van der Waals surface area contributed by atoms with Crippen molar-refractivity contribution in [1.82, 2.24) is 0 Å². The largest absolute Gasteiger partial charge is 0.380 e. The molecular formula is C14H22FN. The van der Waals surface area contributed by atoms with Crippen molar-refractivity contribution in [2.45, 2.75) is 46.6 Å². The summed E-state index contributed by atoms with van der Waals surface area (Å²) < 4.78 is 13.5. The second kappa shape index (κ2) is 5.88. The topological polar surface area (TPSA) is 12.0 Å². The zero-order chi connectivity index (χ0) is 12.1. The van der Waals surface area contributed by atoms with Gasteiger partial charge in [0.2, 0.25) is 0 Å². The van der Waals surface area contributed by atoms with Crippen molar-refractivity contribution < 1.29 is 4.39 Å². The van der Waals surface area contributed by atoms with E-state index in [0.29, 0.717) is 17.6 Å². The normalized spacial score (nSPS) is 12.9. The van der Waals surface area contributed by atoms with Crippen LogP contribution in [0.15, 0.2) is 18.2 Å². The summed E-state index contributed by atoms with van der Waals surface area (Å²) in [6.45, 7) is 8.41. The van der Waals surface area contributed by atoms with Crippen LogP contribution in [0.4, 0.5) is 10.1 Å². The highest BCUT2D eigenvalue weighted by Crippen LogP contribution is 2.18. The van der Waals surface area contributed by atoms with E-state index < -0.39 is 0 Å². The molecule has 90 valence electrons. The van der Waals surface area contributed by atoms with Crippen LogP contribution in [0.3, 0.4) is 0 Å². The molecular weight excluding hydrogens is 201 g/mol. The van der Waals surface area contributed by atoms with E-state index in [-0.39, 0.29) is 5.82 Å². The first kappa shape index (κ1) is 13.0. The Morgan fingerprint density at radius 1 is 1.19 bits per heavy atom. The summed E-state index contributed by atoms with van der Waals surface area (Å²) in [5.41, 5.74) is 1.57. The Morgan fingerprint density at radius 3 is 2.44 bits per heavy atom. The number of hydrogen-bond acceptors (Lipinski definition) is 1. The molecule has 0 spiro atoms. The summed E-state index contributed by atoms with van der Waals surface area (Å²) in [6.07, 6.45) is 2.24. The third kappa shape index (κ3) is 4.21. The van der Waals surface area contributed by atoms with Gasteiger partial charge in [-0.05, 0) is 50.3 Å². The first-order valence-corrected chi connectivity index (χ1v) is 6.01. The Kier molecular flexibility index (Phi) is 4.78. The molecule has 0 aliphatic rings. The number of halogens is 1. The summed E-state index contributed by atoms with van der Waals surface area (Å²) in [4.78, 5) is 0. The van der Waals surface area contributed by atoms with E-state index in [9.17, 15) is 4.39 Å². The van der Waals surface area contributed by atoms with Crippen molar-refractivity contribution in [2.75, 3.05) is 5.32 Å². The van der Waals surface area contributed by atoms with Gasteiger partial charge in [0.1, 0.15) is 5.82 Å². The van der Waals surface area contributed by atoms with E-state index in [2.05, 4.69) is 26.1 Å². The molecule has 1 unspecified atom stereocenters. The van der Waals surface area contributed by atoms with Crippen LogP contribution in [-0.2, 0) is 0 Å². The molecule has 0 amide bonds. The van der Waals surface area contributed by atoms with Crippen molar-refractivity contribution in [3.8, 4) is 0 Å². The predicted molar refractivity (Wildman–Crippen MR) is 68.3 cm³/mol. The molecule has 0 saturated carbocycles. The second-order valence-corrected chi connectivity index (χ2v) is 5.00. The number of benzene rings is 1. The van der Waals surface area contributed by atoms with Gasteiger partial charge in [-0.1, -0.05) is 19.9 Å². The van der Waals surface area contributed by atoms with Crippen LogP contribution in [0.25, 0.3) is 0 Å². The Hall–Kier alpha value is -1.05. The average molecular weight is 223 g/mol. The van der Waals surface area contributed by atoms with E-state index in [1.807, 2.05) is 19.1 Å². The summed E-state index contributed by atoms with van der Waals surface area (Å²) in [6, 6.07) is 5.63. The Balaban J connectivity index is 2.52. The summed E-state index contributed by atoms with van der Waals surface area (Å²) >= 11 is 0. The van der Waals surface area contributed by atoms with Gasteiger partial charge in [0.15, 0.2) is 0 Å². The third-order valence-corrected chi connectivity index (χ3v) is 2.70. The maximum absolute atomic E-state index is 13.5. The third-order valence-electron chi connectivity index (χ3n) is 2.70. The lowest BCUT2D eigenvalue weighted by Crippen LogP contribution is -2.16. The van der Waals surface area contributed by atoms with Gasteiger partial charge in [0.25, 0.3) is 0 Å². The number of rotatable bonds is 5. The van der Waals surface area contributed by atoms with Crippen LogP contribution < -0.4 is 5.32 Å². The van der Waals surface area contributed by atoms with Crippen molar-refractivity contribution in [3.63, 3.8) is 0 Å². The fourth-order valence-corrected chi connectivity index (χ4v) is 1.66. The smallest absolute Gasteiger partial charge is 0.146 e. The molecule has 0 saturated heterocycles. The standard InChI is InChI=1S/C14H22FN/c1-10(2)5-7-12(4)16-14-8-6-11(3)9-13(14)15/h6,8-10,12,16H,5,7H2,1-4H3. The molecule has 1 N–H and O–H groups in total. The first-order valence-electron chi connectivity index (χ1n) is 6.01. The fraction of sp³-hybridized carbons (Fsp3) is 0.571. The summed E-state index contributed by atoms with van der Waals surface area (Å²) in [7, 11) is 0. The lowest BCUT2D eigenvalue weighted by molar-refractivity contribution is 0.525. The monoisotopic (exact) mass is 223 g/mol. The van der Waals surface area contributed by atoms with Crippen molar-refractivity contribution in [1.29, 1.82) is 0 Å². The molecule has 0 fully saturated rings. The highest BCUT2D eigenvalue weighted by molar-refractivity contribution is 5.46. The van der Waals surface area contributed by atoms with Gasteiger partial charge in [-0.25, -0.2) is 4.39 Å². The maximum atomic E-state index is 13.5. The maximum Gasteiger partial charge on any atom is 0.146 e. The van der Waals surface area contributed by atoms with Crippen molar-refractivity contribution in [3.05, 3.63) is 29.6 Å². The van der Waals surface area contributed by atoms with Crippen LogP contribution in [0.1, 0.15) is 39.2 Å². The van der Waals surface area contributed by atoms with Gasteiger partial charge >= 0.3 is 0 Å². The molecule has 0 radical (unpaired) electrons. The number of nitrogens with one attached hydrogen (secondary N) is 1. The molecule has 2 heteroatoms. The molecule has 1 aromatic carbocycles. The lowest BCUT2D eigenvalue weighted by atomic mass is 10.0. The molecule has 1 aromatic rings. The van der Waals surface area contributed by atoms with Gasteiger partial charge in [-0.15, -0.1) is 0 Å². The van der Waals surface area contributed by atoms with E-state index >= 15 is 0 Å². The van der Waals surface area contributed by atoms with Gasteiger partial charge in [0.05, 0.1) is 5.69 Å². The summed E-state index contributed by atoms with van der Waals surface area (Å²) in [5.74, 6) is 0.545. The minimum atomic E-state index is -0.156.